The second-order valence-corrected chi connectivity index (χ2v) is 8.75. The van der Waals surface area contributed by atoms with Gasteiger partial charge in [-0.05, 0) is 45.3 Å². The fraction of sp³-hybridized carbons (Fsp3) is 0.720. The SMILES string of the molecule is C.CCCCN(CC#CC1=C[C@@H]2C[C@@]3(OC(=O)C=C13)[C@H]1CCCCN21)CCCC. The van der Waals surface area contributed by atoms with Crippen molar-refractivity contribution in [3.63, 3.8) is 0 Å². The molecule has 3 atom stereocenters. The molecule has 1 spiro atoms. The summed E-state index contributed by atoms with van der Waals surface area (Å²) in [6.07, 6.45) is 13.4. The zero-order valence-electron chi connectivity index (χ0n) is 17.5. The Morgan fingerprint density at radius 1 is 1.24 bits per heavy atom. The maximum atomic E-state index is 12.2. The number of carbonyl (C=O) groups is 1. The molecule has 4 heteroatoms. The largest absolute Gasteiger partial charge is 0.449 e. The van der Waals surface area contributed by atoms with Crippen LogP contribution in [0.2, 0.25) is 0 Å². The van der Waals surface area contributed by atoms with Gasteiger partial charge in [-0.25, -0.2) is 4.79 Å². The van der Waals surface area contributed by atoms with E-state index in [0.717, 1.165) is 50.2 Å². The number of unbranched alkanes of at least 4 members (excludes halogenated alkanes) is 2. The van der Waals surface area contributed by atoms with Crippen LogP contribution in [0.25, 0.3) is 0 Å². The second-order valence-electron chi connectivity index (χ2n) is 8.75. The van der Waals surface area contributed by atoms with Crippen LogP contribution in [0.1, 0.15) is 72.6 Å². The van der Waals surface area contributed by atoms with Gasteiger partial charge in [0.1, 0.15) is 0 Å². The summed E-state index contributed by atoms with van der Waals surface area (Å²) >= 11 is 0. The molecule has 0 amide bonds. The van der Waals surface area contributed by atoms with E-state index in [4.69, 9.17) is 4.74 Å². The number of hydrogen-bond acceptors (Lipinski definition) is 4. The van der Waals surface area contributed by atoms with E-state index in [1.807, 2.05) is 0 Å². The van der Waals surface area contributed by atoms with E-state index in [1.54, 1.807) is 6.08 Å². The molecule has 0 aromatic heterocycles. The Hall–Kier alpha value is -1.57. The Bertz CT molecular complexity index is 721. The zero-order valence-corrected chi connectivity index (χ0v) is 17.5. The van der Waals surface area contributed by atoms with Crippen molar-refractivity contribution in [3.05, 3.63) is 23.3 Å². The fourth-order valence-corrected chi connectivity index (χ4v) is 5.45. The van der Waals surface area contributed by atoms with Gasteiger partial charge in [-0.1, -0.05) is 58.5 Å². The molecular weight excluding hydrogens is 360 g/mol. The van der Waals surface area contributed by atoms with Gasteiger partial charge in [-0.2, -0.15) is 0 Å². The number of rotatable bonds is 7. The van der Waals surface area contributed by atoms with Crippen molar-refractivity contribution in [3.8, 4) is 11.8 Å². The normalized spacial score (nSPS) is 29.8. The zero-order chi connectivity index (χ0) is 19.6. The molecule has 3 heterocycles. The standard InChI is InChI=1S/C24H34N2O2.CH4/c1-3-5-12-25(13-6-4-2)14-9-10-19-16-20-18-24(21(19)17-23(27)28-24)22-11-7-8-15-26(20)22;/h16-17,20,22H,3-8,11-15,18H2,1-2H3;1H4/t20-,22-,24+;/m1./s1. The minimum Gasteiger partial charge on any atom is -0.449 e. The van der Waals surface area contributed by atoms with E-state index < -0.39 is 5.60 Å². The number of carbonyl (C=O) groups excluding carboxylic acids is 1. The number of piperidine rings is 1. The van der Waals surface area contributed by atoms with E-state index in [2.05, 4.69) is 41.6 Å². The molecule has 160 valence electrons. The van der Waals surface area contributed by atoms with Gasteiger partial charge in [0.05, 0.1) is 12.6 Å². The maximum absolute atomic E-state index is 12.2. The Morgan fingerprint density at radius 2 is 2.00 bits per heavy atom. The van der Waals surface area contributed by atoms with Gasteiger partial charge in [0.2, 0.25) is 0 Å². The highest BCUT2D eigenvalue weighted by atomic mass is 16.6. The number of esters is 1. The summed E-state index contributed by atoms with van der Waals surface area (Å²) in [6.45, 7) is 8.65. The molecule has 2 saturated heterocycles. The maximum Gasteiger partial charge on any atom is 0.332 e. The van der Waals surface area contributed by atoms with Crippen LogP contribution in [0, 0.1) is 11.8 Å². The Kier molecular flexibility index (Phi) is 7.24. The van der Waals surface area contributed by atoms with Gasteiger partial charge in [-0.15, -0.1) is 0 Å². The minimum absolute atomic E-state index is 0. The van der Waals surface area contributed by atoms with Crippen molar-refractivity contribution in [2.45, 2.75) is 90.3 Å². The van der Waals surface area contributed by atoms with Crippen LogP contribution in [0.3, 0.4) is 0 Å². The van der Waals surface area contributed by atoms with Gasteiger partial charge in [-0.3, -0.25) is 9.80 Å². The van der Waals surface area contributed by atoms with E-state index in [0.29, 0.717) is 12.1 Å². The topological polar surface area (TPSA) is 32.8 Å². The van der Waals surface area contributed by atoms with E-state index >= 15 is 0 Å². The summed E-state index contributed by atoms with van der Waals surface area (Å²) in [6, 6.07) is 0.707. The molecule has 0 aromatic carbocycles. The van der Waals surface area contributed by atoms with Gasteiger partial charge in [0.15, 0.2) is 5.60 Å². The predicted molar refractivity (Wildman–Crippen MR) is 119 cm³/mol. The third-order valence-electron chi connectivity index (χ3n) is 6.85. The van der Waals surface area contributed by atoms with E-state index in [1.165, 1.54) is 38.5 Å². The van der Waals surface area contributed by atoms with Crippen LogP contribution in [0.15, 0.2) is 23.3 Å². The van der Waals surface area contributed by atoms with Crippen LogP contribution in [0.4, 0.5) is 0 Å². The van der Waals surface area contributed by atoms with E-state index in [9.17, 15) is 4.79 Å². The number of fused-ring (bicyclic) bond motifs is 3. The number of ether oxygens (including phenoxy) is 1. The minimum atomic E-state index is -0.426. The average molecular weight is 399 g/mol. The lowest BCUT2D eigenvalue weighted by molar-refractivity contribution is -0.148. The lowest BCUT2D eigenvalue weighted by Gasteiger charge is -2.38. The summed E-state index contributed by atoms with van der Waals surface area (Å²) in [7, 11) is 0. The Labute approximate surface area is 177 Å². The predicted octanol–water partition coefficient (Wildman–Crippen LogP) is 4.32. The lowest BCUT2D eigenvalue weighted by atomic mass is 9.77. The molecular formula is C25H38N2O2. The highest BCUT2D eigenvalue weighted by molar-refractivity contribution is 5.90. The van der Waals surface area contributed by atoms with Gasteiger partial charge >= 0.3 is 5.97 Å². The third kappa shape index (κ3) is 4.18. The van der Waals surface area contributed by atoms with Gasteiger partial charge in [0.25, 0.3) is 0 Å². The third-order valence-corrected chi connectivity index (χ3v) is 6.85. The van der Waals surface area contributed by atoms with Crippen LogP contribution >= 0.6 is 0 Å². The molecule has 0 unspecified atom stereocenters. The Morgan fingerprint density at radius 3 is 2.72 bits per heavy atom. The van der Waals surface area contributed by atoms with Crippen LogP contribution in [-0.4, -0.2) is 59.6 Å². The highest BCUT2D eigenvalue weighted by Gasteiger charge is 2.61. The summed E-state index contributed by atoms with van der Waals surface area (Å²) in [5.74, 6) is 6.70. The van der Waals surface area contributed by atoms with Crippen LogP contribution in [-0.2, 0) is 9.53 Å². The lowest BCUT2D eigenvalue weighted by Crippen LogP contribution is -2.48. The molecule has 0 saturated carbocycles. The first-order chi connectivity index (χ1) is 13.7. The molecule has 3 aliphatic heterocycles. The Balaban J connectivity index is 0.00000240. The first kappa shape index (κ1) is 22.1. The smallest absolute Gasteiger partial charge is 0.332 e. The molecule has 0 aromatic rings. The molecule has 2 fully saturated rings. The number of hydrogen-bond donors (Lipinski definition) is 0. The molecule has 4 nitrogen and oxygen atoms in total. The van der Waals surface area contributed by atoms with Crippen molar-refractivity contribution in [2.24, 2.45) is 0 Å². The van der Waals surface area contributed by atoms with Crippen molar-refractivity contribution in [1.29, 1.82) is 0 Å². The second kappa shape index (κ2) is 9.49. The quantitative estimate of drug-likeness (QED) is 0.472. The van der Waals surface area contributed by atoms with Gasteiger partial charge in [0, 0.05) is 29.7 Å². The molecule has 0 radical (unpaired) electrons. The number of nitrogens with zero attached hydrogens (tertiary/aromatic N) is 2. The fourth-order valence-electron chi connectivity index (χ4n) is 5.45. The van der Waals surface area contributed by atoms with Gasteiger partial charge < -0.3 is 4.74 Å². The van der Waals surface area contributed by atoms with Crippen LogP contribution < -0.4 is 0 Å². The molecule has 29 heavy (non-hydrogen) atoms. The van der Waals surface area contributed by atoms with Crippen molar-refractivity contribution < 1.29 is 9.53 Å². The highest BCUT2D eigenvalue weighted by Crippen LogP contribution is 2.53. The van der Waals surface area contributed by atoms with Crippen molar-refractivity contribution in [2.75, 3.05) is 26.2 Å². The van der Waals surface area contributed by atoms with E-state index in [-0.39, 0.29) is 13.4 Å². The summed E-state index contributed by atoms with van der Waals surface area (Å²) in [5, 5.41) is 0. The first-order valence-electron chi connectivity index (χ1n) is 11.3. The molecule has 1 aliphatic carbocycles. The molecule has 4 rings (SSSR count). The van der Waals surface area contributed by atoms with Crippen molar-refractivity contribution in [1.82, 2.24) is 9.80 Å². The molecule has 0 N–H and O–H groups in total. The summed E-state index contributed by atoms with van der Waals surface area (Å²) in [4.78, 5) is 17.3. The summed E-state index contributed by atoms with van der Waals surface area (Å²) in [5.41, 5.74) is 1.68. The molecule has 2 bridgehead atoms. The first-order valence-corrected chi connectivity index (χ1v) is 11.3. The van der Waals surface area contributed by atoms with Crippen molar-refractivity contribution >= 4 is 5.97 Å². The monoisotopic (exact) mass is 398 g/mol. The summed E-state index contributed by atoms with van der Waals surface area (Å²) < 4.78 is 5.98. The van der Waals surface area contributed by atoms with Crippen LogP contribution in [0.5, 0.6) is 0 Å². The molecule has 4 aliphatic rings. The average Bonchev–Trinajstić information content (AvgIpc) is 3.18.